The van der Waals surface area contributed by atoms with Gasteiger partial charge in [0, 0.05) is 0 Å². The fourth-order valence-electron chi connectivity index (χ4n) is 1.18. The van der Waals surface area contributed by atoms with Gasteiger partial charge in [0.1, 0.15) is 5.75 Å². The Balaban J connectivity index is 2.60. The fraction of sp³-hybridized carbons (Fsp3) is 0.364. The van der Waals surface area contributed by atoms with Crippen LogP contribution in [0.5, 0.6) is 5.75 Å². The first kappa shape index (κ1) is 11.5. The molecular formula is C11H16N2O2. The molecule has 1 rings (SSSR count). The van der Waals surface area contributed by atoms with Gasteiger partial charge in [-0.05, 0) is 31.0 Å². The average Bonchev–Trinajstić information content (AvgIpc) is 2.29. The molecule has 4 heteroatoms. The van der Waals surface area contributed by atoms with Gasteiger partial charge in [0.2, 0.25) is 0 Å². The summed E-state index contributed by atoms with van der Waals surface area (Å²) in [5.74, 6) is 5.32. The smallest absolute Gasteiger partial charge is 0.274 e. The zero-order chi connectivity index (χ0) is 11.3. The SMILES string of the molecule is CCc1ccc(O[C@@H](C)C(=O)NN)cc1. The molecule has 0 saturated heterocycles. The van der Waals surface area contributed by atoms with E-state index in [0.29, 0.717) is 5.75 Å². The Morgan fingerprint density at radius 2 is 2.07 bits per heavy atom. The molecule has 4 nitrogen and oxygen atoms in total. The van der Waals surface area contributed by atoms with Crippen LogP contribution in [-0.4, -0.2) is 12.0 Å². The Morgan fingerprint density at radius 1 is 1.47 bits per heavy atom. The molecule has 0 saturated carbocycles. The molecule has 0 aliphatic rings. The Bertz CT molecular complexity index is 322. The lowest BCUT2D eigenvalue weighted by Crippen LogP contribution is -2.40. The van der Waals surface area contributed by atoms with Crippen LogP contribution in [0.4, 0.5) is 0 Å². The van der Waals surface area contributed by atoms with Crippen LogP contribution in [0.3, 0.4) is 0 Å². The molecule has 3 N–H and O–H groups in total. The highest BCUT2D eigenvalue weighted by molar-refractivity contribution is 5.80. The maximum Gasteiger partial charge on any atom is 0.274 e. The number of nitrogens with one attached hydrogen (secondary N) is 1. The van der Waals surface area contributed by atoms with E-state index in [1.807, 2.05) is 29.7 Å². The van der Waals surface area contributed by atoms with Crippen molar-refractivity contribution in [2.75, 3.05) is 0 Å². The quantitative estimate of drug-likeness (QED) is 0.441. The van der Waals surface area contributed by atoms with E-state index in [1.54, 1.807) is 6.92 Å². The largest absolute Gasteiger partial charge is 0.481 e. The van der Waals surface area contributed by atoms with Crippen LogP contribution in [0.1, 0.15) is 19.4 Å². The summed E-state index contributed by atoms with van der Waals surface area (Å²) in [6.07, 6.45) is 0.404. The summed E-state index contributed by atoms with van der Waals surface area (Å²) in [6.45, 7) is 3.73. The highest BCUT2D eigenvalue weighted by Gasteiger charge is 2.12. The predicted molar refractivity (Wildman–Crippen MR) is 58.2 cm³/mol. The molecule has 0 radical (unpaired) electrons. The van der Waals surface area contributed by atoms with E-state index < -0.39 is 6.10 Å². The molecule has 0 aromatic heterocycles. The third-order valence-electron chi connectivity index (χ3n) is 2.16. The minimum atomic E-state index is -0.581. The third kappa shape index (κ3) is 3.25. The van der Waals surface area contributed by atoms with Crippen molar-refractivity contribution in [1.29, 1.82) is 0 Å². The predicted octanol–water partition coefficient (Wildman–Crippen LogP) is 1.01. The van der Waals surface area contributed by atoms with Gasteiger partial charge < -0.3 is 4.74 Å². The van der Waals surface area contributed by atoms with Crippen molar-refractivity contribution in [3.8, 4) is 5.75 Å². The van der Waals surface area contributed by atoms with Crippen molar-refractivity contribution < 1.29 is 9.53 Å². The number of rotatable bonds is 4. The zero-order valence-electron chi connectivity index (χ0n) is 8.99. The minimum absolute atomic E-state index is 0.338. The summed E-state index contributed by atoms with van der Waals surface area (Å²) in [6, 6.07) is 7.64. The number of ether oxygens (including phenoxy) is 1. The van der Waals surface area contributed by atoms with Gasteiger partial charge in [0.25, 0.3) is 5.91 Å². The Hall–Kier alpha value is -1.55. The highest BCUT2D eigenvalue weighted by Crippen LogP contribution is 2.14. The lowest BCUT2D eigenvalue weighted by atomic mass is 10.2. The highest BCUT2D eigenvalue weighted by atomic mass is 16.5. The molecule has 0 aliphatic heterocycles. The molecular weight excluding hydrogens is 192 g/mol. The number of carbonyl (C=O) groups excluding carboxylic acids is 1. The fourth-order valence-corrected chi connectivity index (χ4v) is 1.18. The summed E-state index contributed by atoms with van der Waals surface area (Å²) in [5.41, 5.74) is 3.28. The number of carbonyl (C=O) groups is 1. The second kappa shape index (κ2) is 5.36. The molecule has 0 aliphatic carbocycles. The van der Waals surface area contributed by atoms with E-state index in [4.69, 9.17) is 10.6 Å². The standard InChI is InChI=1S/C11H16N2O2/c1-3-9-4-6-10(7-5-9)15-8(2)11(14)13-12/h4-8H,3,12H2,1-2H3,(H,13,14)/t8-/m0/s1. The topological polar surface area (TPSA) is 64.3 Å². The Kier molecular flexibility index (Phi) is 4.12. The molecule has 1 aromatic rings. The molecule has 82 valence electrons. The van der Waals surface area contributed by atoms with E-state index in [2.05, 4.69) is 6.92 Å². The number of hydrogen-bond acceptors (Lipinski definition) is 3. The third-order valence-corrected chi connectivity index (χ3v) is 2.16. The summed E-state index contributed by atoms with van der Waals surface area (Å²) in [7, 11) is 0. The van der Waals surface area contributed by atoms with Crippen molar-refractivity contribution in [3.63, 3.8) is 0 Å². The molecule has 1 amide bonds. The molecule has 15 heavy (non-hydrogen) atoms. The van der Waals surface area contributed by atoms with Gasteiger partial charge in [-0.25, -0.2) is 5.84 Å². The molecule has 0 heterocycles. The number of aryl methyl sites for hydroxylation is 1. The van der Waals surface area contributed by atoms with E-state index in [-0.39, 0.29) is 5.91 Å². The first-order valence-electron chi connectivity index (χ1n) is 4.93. The lowest BCUT2D eigenvalue weighted by Gasteiger charge is -2.12. The van der Waals surface area contributed by atoms with Gasteiger partial charge in [-0.15, -0.1) is 0 Å². The molecule has 0 spiro atoms. The van der Waals surface area contributed by atoms with Crippen molar-refractivity contribution in [2.24, 2.45) is 5.84 Å². The van der Waals surface area contributed by atoms with Gasteiger partial charge in [0.05, 0.1) is 0 Å². The number of hydrogen-bond donors (Lipinski definition) is 2. The maximum atomic E-state index is 11.1. The van der Waals surface area contributed by atoms with Crippen LogP contribution in [0, 0.1) is 0 Å². The second-order valence-corrected chi connectivity index (χ2v) is 3.27. The second-order valence-electron chi connectivity index (χ2n) is 3.27. The lowest BCUT2D eigenvalue weighted by molar-refractivity contribution is -0.127. The van der Waals surface area contributed by atoms with Gasteiger partial charge in [-0.1, -0.05) is 19.1 Å². The van der Waals surface area contributed by atoms with Gasteiger partial charge in [-0.2, -0.15) is 0 Å². The Morgan fingerprint density at radius 3 is 2.53 bits per heavy atom. The van der Waals surface area contributed by atoms with Crippen molar-refractivity contribution in [1.82, 2.24) is 5.43 Å². The average molecular weight is 208 g/mol. The van der Waals surface area contributed by atoms with E-state index in [0.717, 1.165) is 6.42 Å². The number of benzene rings is 1. The van der Waals surface area contributed by atoms with Crippen LogP contribution >= 0.6 is 0 Å². The van der Waals surface area contributed by atoms with E-state index >= 15 is 0 Å². The van der Waals surface area contributed by atoms with Crippen molar-refractivity contribution in [3.05, 3.63) is 29.8 Å². The Labute approximate surface area is 89.4 Å². The maximum absolute atomic E-state index is 11.1. The van der Waals surface area contributed by atoms with Crippen LogP contribution in [0.2, 0.25) is 0 Å². The summed E-state index contributed by atoms with van der Waals surface area (Å²) < 4.78 is 5.37. The van der Waals surface area contributed by atoms with E-state index in [9.17, 15) is 4.79 Å². The summed E-state index contributed by atoms with van der Waals surface area (Å²) in [4.78, 5) is 11.1. The summed E-state index contributed by atoms with van der Waals surface area (Å²) >= 11 is 0. The van der Waals surface area contributed by atoms with Crippen LogP contribution in [-0.2, 0) is 11.2 Å². The van der Waals surface area contributed by atoms with Gasteiger partial charge in [0.15, 0.2) is 6.10 Å². The van der Waals surface area contributed by atoms with E-state index in [1.165, 1.54) is 5.56 Å². The number of amides is 1. The first-order valence-corrected chi connectivity index (χ1v) is 4.93. The molecule has 0 fully saturated rings. The number of nitrogens with two attached hydrogens (primary N) is 1. The van der Waals surface area contributed by atoms with Gasteiger partial charge >= 0.3 is 0 Å². The summed E-state index contributed by atoms with van der Waals surface area (Å²) in [5, 5.41) is 0. The van der Waals surface area contributed by atoms with Gasteiger partial charge in [-0.3, -0.25) is 10.2 Å². The first-order chi connectivity index (χ1) is 7.17. The van der Waals surface area contributed by atoms with Crippen LogP contribution < -0.4 is 16.0 Å². The van der Waals surface area contributed by atoms with Crippen molar-refractivity contribution in [2.45, 2.75) is 26.4 Å². The molecule has 0 unspecified atom stereocenters. The molecule has 1 atom stereocenters. The monoisotopic (exact) mass is 208 g/mol. The number of hydrazine groups is 1. The van der Waals surface area contributed by atoms with Crippen LogP contribution in [0.25, 0.3) is 0 Å². The zero-order valence-corrected chi connectivity index (χ0v) is 8.99. The van der Waals surface area contributed by atoms with Crippen LogP contribution in [0.15, 0.2) is 24.3 Å². The minimum Gasteiger partial charge on any atom is -0.481 e. The molecule has 1 aromatic carbocycles. The van der Waals surface area contributed by atoms with Crippen molar-refractivity contribution >= 4 is 5.91 Å². The molecule has 0 bridgehead atoms. The normalized spacial score (nSPS) is 11.9.